The Labute approximate surface area is 237 Å². The Bertz CT molecular complexity index is 1390. The van der Waals surface area contributed by atoms with E-state index in [1.54, 1.807) is 17.1 Å². The number of nitrogens with one attached hydrogen (secondary N) is 1. The Morgan fingerprint density at radius 2 is 2.00 bits per heavy atom. The second-order valence-corrected chi connectivity index (χ2v) is 10.4. The fourth-order valence-corrected chi connectivity index (χ4v) is 4.84. The molecule has 8 nitrogen and oxygen atoms in total. The number of benzene rings is 2. The van der Waals surface area contributed by atoms with E-state index < -0.39 is 0 Å². The Morgan fingerprint density at radius 1 is 1.23 bits per heavy atom. The van der Waals surface area contributed by atoms with Crippen LogP contribution in [0.3, 0.4) is 0 Å². The molecule has 3 aromatic rings. The third-order valence-corrected chi connectivity index (χ3v) is 7.31. The molecular formula is C32H40N6O2. The summed E-state index contributed by atoms with van der Waals surface area (Å²) in [4.78, 5) is 19.8. The number of nitrogens with two attached hydrogens (primary N) is 1. The molecule has 8 heteroatoms. The molecule has 0 saturated carbocycles. The quantitative estimate of drug-likeness (QED) is 0.216. The van der Waals surface area contributed by atoms with Crippen LogP contribution < -0.4 is 11.1 Å². The van der Waals surface area contributed by atoms with Crippen molar-refractivity contribution in [1.82, 2.24) is 20.0 Å². The molecule has 0 unspecified atom stereocenters. The lowest BCUT2D eigenvalue weighted by molar-refractivity contribution is -0.118. The van der Waals surface area contributed by atoms with E-state index in [0.29, 0.717) is 19.7 Å². The first-order valence-electron chi connectivity index (χ1n) is 13.7. The fourth-order valence-electron chi connectivity index (χ4n) is 4.84. The van der Waals surface area contributed by atoms with Gasteiger partial charge in [0.05, 0.1) is 30.5 Å². The van der Waals surface area contributed by atoms with Gasteiger partial charge in [0, 0.05) is 44.6 Å². The SMILES string of the molecule is C=C(C(=O)N[C@H]1CN(Cc2ccccc2)C[C@@H]1OCc1ccc(C)c(CC)c1)C(N)=N/C=C(\C)c1cnn(C)c1. The van der Waals surface area contributed by atoms with E-state index >= 15 is 0 Å². The minimum Gasteiger partial charge on any atom is -0.383 e. The lowest BCUT2D eigenvalue weighted by Gasteiger charge is -2.21. The van der Waals surface area contributed by atoms with Crippen molar-refractivity contribution < 1.29 is 9.53 Å². The molecule has 40 heavy (non-hydrogen) atoms. The minimum absolute atomic E-state index is 0.0732. The van der Waals surface area contributed by atoms with Crippen LogP contribution in [0.4, 0.5) is 0 Å². The molecule has 2 aromatic carbocycles. The molecule has 1 fully saturated rings. The summed E-state index contributed by atoms with van der Waals surface area (Å²) < 4.78 is 8.13. The summed E-state index contributed by atoms with van der Waals surface area (Å²) in [6.45, 7) is 12.7. The summed E-state index contributed by atoms with van der Waals surface area (Å²) in [5.41, 5.74) is 13.0. The molecule has 0 bridgehead atoms. The molecule has 4 rings (SSSR count). The first-order chi connectivity index (χ1) is 19.2. The van der Waals surface area contributed by atoms with E-state index in [1.807, 2.05) is 38.4 Å². The Kier molecular flexibility index (Phi) is 9.69. The zero-order valence-corrected chi connectivity index (χ0v) is 23.9. The summed E-state index contributed by atoms with van der Waals surface area (Å²) in [5.74, 6) is -0.276. The zero-order valence-electron chi connectivity index (χ0n) is 23.9. The van der Waals surface area contributed by atoms with Crippen LogP contribution in [-0.4, -0.2) is 51.7 Å². The van der Waals surface area contributed by atoms with Gasteiger partial charge in [0.1, 0.15) is 5.84 Å². The van der Waals surface area contributed by atoms with Crippen LogP contribution in [-0.2, 0) is 36.2 Å². The molecule has 1 saturated heterocycles. The predicted octanol–water partition coefficient (Wildman–Crippen LogP) is 4.15. The smallest absolute Gasteiger partial charge is 0.254 e. The van der Waals surface area contributed by atoms with Crippen molar-refractivity contribution in [2.75, 3.05) is 13.1 Å². The van der Waals surface area contributed by atoms with Crippen LogP contribution >= 0.6 is 0 Å². The molecule has 0 radical (unpaired) electrons. The van der Waals surface area contributed by atoms with Crippen molar-refractivity contribution in [2.45, 2.75) is 52.5 Å². The standard InChI is InChI=1S/C32H40N6O2/c1-6-27-14-26(13-12-22(27)2)21-40-30-20-38(17-25-10-8-7-9-11-25)19-29(30)36-32(39)24(4)31(33)34-15-23(3)28-16-35-37(5)18-28/h7-16,18,29-30H,4,6,17,19-21H2,1-3,5H3,(H2,33,34)(H,36,39)/b23-15+/t29-,30-/m0/s1. The highest BCUT2D eigenvalue weighted by molar-refractivity contribution is 6.19. The number of allylic oxidation sites excluding steroid dienone is 1. The van der Waals surface area contributed by atoms with Gasteiger partial charge in [-0.1, -0.05) is 62.0 Å². The van der Waals surface area contributed by atoms with Gasteiger partial charge in [-0.05, 0) is 48.1 Å². The van der Waals surface area contributed by atoms with E-state index in [1.165, 1.54) is 16.7 Å². The topological polar surface area (TPSA) is 97.8 Å². The first kappa shape index (κ1) is 29.0. The van der Waals surface area contributed by atoms with Crippen molar-refractivity contribution >= 4 is 17.3 Å². The molecular weight excluding hydrogens is 500 g/mol. The zero-order chi connectivity index (χ0) is 28.6. The number of hydrogen-bond acceptors (Lipinski definition) is 5. The molecule has 2 heterocycles. The maximum Gasteiger partial charge on any atom is 0.254 e. The highest BCUT2D eigenvalue weighted by Crippen LogP contribution is 2.20. The molecule has 0 spiro atoms. The van der Waals surface area contributed by atoms with Crippen molar-refractivity contribution in [3.8, 4) is 0 Å². The maximum atomic E-state index is 13.2. The Balaban J connectivity index is 1.43. The molecule has 1 amide bonds. The lowest BCUT2D eigenvalue weighted by atomic mass is 10.0. The Morgan fingerprint density at radius 3 is 2.70 bits per heavy atom. The number of carbonyl (C=O) groups is 1. The van der Waals surface area contributed by atoms with Gasteiger partial charge in [-0.25, -0.2) is 4.99 Å². The van der Waals surface area contributed by atoms with E-state index in [2.05, 4.69) is 71.1 Å². The summed E-state index contributed by atoms with van der Waals surface area (Å²) in [6, 6.07) is 16.6. The fraction of sp³-hybridized carbons (Fsp3) is 0.344. The van der Waals surface area contributed by atoms with Crippen molar-refractivity contribution in [3.63, 3.8) is 0 Å². The lowest BCUT2D eigenvalue weighted by Crippen LogP contribution is -2.45. The maximum absolute atomic E-state index is 13.2. The number of amidine groups is 1. The van der Waals surface area contributed by atoms with Gasteiger partial charge in [0.2, 0.25) is 0 Å². The van der Waals surface area contributed by atoms with Crippen LogP contribution in [0.2, 0.25) is 0 Å². The normalized spacial score (nSPS) is 18.2. The molecule has 1 aliphatic rings. The number of nitrogens with zero attached hydrogens (tertiary/aromatic N) is 4. The molecule has 1 aliphatic heterocycles. The number of carbonyl (C=O) groups excluding carboxylic acids is 1. The van der Waals surface area contributed by atoms with Gasteiger partial charge >= 0.3 is 0 Å². The van der Waals surface area contributed by atoms with Gasteiger partial charge in [-0.15, -0.1) is 0 Å². The highest BCUT2D eigenvalue weighted by atomic mass is 16.5. The van der Waals surface area contributed by atoms with Gasteiger partial charge in [-0.3, -0.25) is 14.4 Å². The molecule has 2 atom stereocenters. The number of hydrogen-bond donors (Lipinski definition) is 2. The van der Waals surface area contributed by atoms with Crippen molar-refractivity contribution in [2.24, 2.45) is 17.8 Å². The van der Waals surface area contributed by atoms with E-state index in [9.17, 15) is 4.79 Å². The van der Waals surface area contributed by atoms with E-state index in [0.717, 1.165) is 29.7 Å². The first-order valence-corrected chi connectivity index (χ1v) is 13.7. The average molecular weight is 541 g/mol. The number of rotatable bonds is 11. The van der Waals surface area contributed by atoms with E-state index in [4.69, 9.17) is 10.5 Å². The summed E-state index contributed by atoms with van der Waals surface area (Å²) in [7, 11) is 1.85. The van der Waals surface area contributed by atoms with Gasteiger partial charge < -0.3 is 15.8 Å². The third-order valence-electron chi connectivity index (χ3n) is 7.31. The predicted molar refractivity (Wildman–Crippen MR) is 160 cm³/mol. The largest absolute Gasteiger partial charge is 0.383 e. The Hall–Kier alpha value is -4.01. The van der Waals surface area contributed by atoms with Crippen LogP contribution in [0.15, 0.2) is 84.3 Å². The minimum atomic E-state index is -0.350. The van der Waals surface area contributed by atoms with Gasteiger partial charge in [0.25, 0.3) is 5.91 Å². The molecule has 1 aromatic heterocycles. The monoisotopic (exact) mass is 540 g/mol. The number of aromatic nitrogens is 2. The average Bonchev–Trinajstić information content (AvgIpc) is 3.56. The molecule has 210 valence electrons. The van der Waals surface area contributed by atoms with Crippen molar-refractivity contribution in [1.29, 1.82) is 0 Å². The van der Waals surface area contributed by atoms with Crippen molar-refractivity contribution in [3.05, 3.63) is 107 Å². The van der Waals surface area contributed by atoms with Crippen LogP contribution in [0.5, 0.6) is 0 Å². The summed E-state index contributed by atoms with van der Waals surface area (Å²) in [5, 5.41) is 7.29. The summed E-state index contributed by atoms with van der Waals surface area (Å²) in [6.07, 6.45) is 6.06. The number of ether oxygens (including phenoxy) is 1. The number of likely N-dealkylation sites (tertiary alicyclic amines) is 1. The second-order valence-electron chi connectivity index (χ2n) is 10.4. The highest BCUT2D eigenvalue weighted by Gasteiger charge is 2.35. The van der Waals surface area contributed by atoms with E-state index in [-0.39, 0.29) is 29.5 Å². The number of aliphatic imine (C=N–C) groups is 1. The van der Waals surface area contributed by atoms with Gasteiger partial charge in [0.15, 0.2) is 0 Å². The van der Waals surface area contributed by atoms with Crippen LogP contribution in [0.1, 0.15) is 41.7 Å². The third kappa shape index (κ3) is 7.55. The molecule has 0 aliphatic carbocycles. The number of aryl methyl sites for hydroxylation is 3. The van der Waals surface area contributed by atoms with Crippen LogP contribution in [0, 0.1) is 6.92 Å². The number of amides is 1. The molecule has 3 N–H and O–H groups in total. The summed E-state index contributed by atoms with van der Waals surface area (Å²) >= 11 is 0. The van der Waals surface area contributed by atoms with Gasteiger partial charge in [-0.2, -0.15) is 5.10 Å². The second kappa shape index (κ2) is 13.4. The van der Waals surface area contributed by atoms with Crippen LogP contribution in [0.25, 0.3) is 5.57 Å².